The van der Waals surface area contributed by atoms with Crippen LogP contribution in [0.5, 0.6) is 0 Å². The maximum atomic E-state index is 12.5. The van der Waals surface area contributed by atoms with Crippen molar-refractivity contribution in [1.29, 1.82) is 0 Å². The number of amides is 1. The monoisotopic (exact) mass is 300 g/mol. The van der Waals surface area contributed by atoms with E-state index >= 15 is 0 Å². The molecule has 5 nitrogen and oxygen atoms in total. The quantitative estimate of drug-likeness (QED) is 0.784. The van der Waals surface area contributed by atoms with Gasteiger partial charge in [-0.1, -0.05) is 20.8 Å². The van der Waals surface area contributed by atoms with Crippen molar-refractivity contribution >= 4 is 11.9 Å². The predicted molar refractivity (Wildman–Crippen MR) is 85.3 cm³/mol. The second kappa shape index (κ2) is 7.78. The van der Waals surface area contributed by atoms with Gasteiger partial charge < -0.3 is 10.0 Å². The van der Waals surface area contributed by atoms with E-state index < -0.39 is 11.4 Å². The molecule has 0 bridgehead atoms. The standard InChI is InChI=1S/C16H32N2O3/c1-15(2,3)14(21)18(10-8-9-13(19)20)12-11-17(7)16(4,5)6/h8-12H2,1-7H3,(H,19,20). The second-order valence-corrected chi connectivity index (χ2v) is 7.63. The molecule has 21 heavy (non-hydrogen) atoms. The summed E-state index contributed by atoms with van der Waals surface area (Å²) >= 11 is 0. The number of nitrogens with zero attached hydrogens (tertiary/aromatic N) is 2. The lowest BCUT2D eigenvalue weighted by atomic mass is 9.94. The molecule has 5 heteroatoms. The van der Waals surface area contributed by atoms with Gasteiger partial charge in [0.05, 0.1) is 0 Å². The molecule has 0 heterocycles. The van der Waals surface area contributed by atoms with Gasteiger partial charge >= 0.3 is 5.97 Å². The number of carbonyl (C=O) groups is 2. The second-order valence-electron chi connectivity index (χ2n) is 7.63. The Kier molecular flexibility index (Phi) is 7.37. The first-order chi connectivity index (χ1) is 9.35. The topological polar surface area (TPSA) is 60.9 Å². The van der Waals surface area contributed by atoms with E-state index in [1.165, 1.54) is 0 Å². The molecule has 0 radical (unpaired) electrons. The molecule has 0 aromatic heterocycles. The minimum Gasteiger partial charge on any atom is -0.481 e. The van der Waals surface area contributed by atoms with E-state index in [9.17, 15) is 9.59 Å². The Balaban J connectivity index is 4.66. The molecule has 0 aromatic rings. The van der Waals surface area contributed by atoms with Gasteiger partial charge in [0.15, 0.2) is 0 Å². The summed E-state index contributed by atoms with van der Waals surface area (Å²) in [7, 11) is 2.04. The summed E-state index contributed by atoms with van der Waals surface area (Å²) in [5.74, 6) is -0.736. The third kappa shape index (κ3) is 8.05. The first-order valence-corrected chi connectivity index (χ1v) is 7.58. The zero-order valence-corrected chi connectivity index (χ0v) is 14.7. The van der Waals surface area contributed by atoms with E-state index in [0.29, 0.717) is 19.5 Å². The van der Waals surface area contributed by atoms with Crippen molar-refractivity contribution in [3.8, 4) is 0 Å². The van der Waals surface area contributed by atoms with Crippen LogP contribution in [0.3, 0.4) is 0 Å². The number of aliphatic carboxylic acids is 1. The van der Waals surface area contributed by atoms with E-state index in [4.69, 9.17) is 5.11 Å². The Bertz CT molecular complexity index is 354. The fraction of sp³-hybridized carbons (Fsp3) is 0.875. The summed E-state index contributed by atoms with van der Waals surface area (Å²) in [6, 6.07) is 0. The van der Waals surface area contributed by atoms with E-state index in [-0.39, 0.29) is 17.9 Å². The molecular weight excluding hydrogens is 268 g/mol. The summed E-state index contributed by atoms with van der Waals surface area (Å²) in [6.07, 6.45) is 0.597. The van der Waals surface area contributed by atoms with E-state index in [2.05, 4.69) is 25.7 Å². The number of carboxylic acids is 1. The highest BCUT2D eigenvalue weighted by atomic mass is 16.4. The molecule has 0 atom stereocenters. The molecule has 0 aliphatic rings. The van der Waals surface area contributed by atoms with Gasteiger partial charge in [-0.15, -0.1) is 0 Å². The fourth-order valence-corrected chi connectivity index (χ4v) is 1.82. The number of likely N-dealkylation sites (N-methyl/N-ethyl adjacent to an activating group) is 1. The Labute approximate surface area is 129 Å². The summed E-state index contributed by atoms with van der Waals surface area (Å²) < 4.78 is 0. The highest BCUT2D eigenvalue weighted by molar-refractivity contribution is 5.81. The first kappa shape index (κ1) is 19.9. The Morgan fingerprint density at radius 3 is 1.86 bits per heavy atom. The number of hydrogen-bond donors (Lipinski definition) is 1. The van der Waals surface area contributed by atoms with E-state index in [1.54, 1.807) is 4.90 Å². The molecule has 0 fully saturated rings. The lowest BCUT2D eigenvalue weighted by Crippen LogP contribution is -2.47. The van der Waals surface area contributed by atoms with Crippen LogP contribution in [0.1, 0.15) is 54.4 Å². The van der Waals surface area contributed by atoms with Gasteiger partial charge in [0, 0.05) is 37.0 Å². The molecule has 1 N–H and O–H groups in total. The van der Waals surface area contributed by atoms with Gasteiger partial charge in [0.2, 0.25) is 5.91 Å². The lowest BCUT2D eigenvalue weighted by molar-refractivity contribution is -0.141. The van der Waals surface area contributed by atoms with Gasteiger partial charge in [0.25, 0.3) is 0 Å². The molecule has 0 aliphatic heterocycles. The van der Waals surface area contributed by atoms with Gasteiger partial charge in [-0.05, 0) is 34.2 Å². The fourth-order valence-electron chi connectivity index (χ4n) is 1.82. The van der Waals surface area contributed by atoms with Crippen molar-refractivity contribution in [2.24, 2.45) is 5.41 Å². The SMILES string of the molecule is CN(CCN(CCCC(=O)O)C(=O)C(C)(C)C)C(C)(C)C. The first-order valence-electron chi connectivity index (χ1n) is 7.58. The molecule has 0 aromatic carbocycles. The van der Waals surface area contributed by atoms with Crippen molar-refractivity contribution in [2.75, 3.05) is 26.7 Å². The van der Waals surface area contributed by atoms with Gasteiger partial charge in [-0.3, -0.25) is 14.5 Å². The molecule has 0 rings (SSSR count). The molecule has 1 amide bonds. The maximum Gasteiger partial charge on any atom is 0.303 e. The van der Waals surface area contributed by atoms with E-state index in [1.807, 2.05) is 27.8 Å². The number of carbonyl (C=O) groups excluding carboxylic acids is 1. The summed E-state index contributed by atoms with van der Waals surface area (Å²) in [5, 5.41) is 8.74. The van der Waals surface area contributed by atoms with Gasteiger partial charge in [0.1, 0.15) is 0 Å². The minimum absolute atomic E-state index is 0.0531. The van der Waals surface area contributed by atoms with E-state index in [0.717, 1.165) is 6.54 Å². The molecular formula is C16H32N2O3. The van der Waals surface area contributed by atoms with Crippen LogP contribution in [0.25, 0.3) is 0 Å². The Morgan fingerprint density at radius 2 is 1.48 bits per heavy atom. The zero-order valence-electron chi connectivity index (χ0n) is 14.7. The predicted octanol–water partition coefficient (Wildman–Crippen LogP) is 2.46. The van der Waals surface area contributed by atoms with Crippen LogP contribution in [-0.4, -0.2) is 59.0 Å². The molecule has 0 spiro atoms. The highest BCUT2D eigenvalue weighted by Gasteiger charge is 2.28. The summed E-state index contributed by atoms with van der Waals surface area (Å²) in [6.45, 7) is 14.0. The Morgan fingerprint density at radius 1 is 0.952 bits per heavy atom. The van der Waals surface area contributed by atoms with Crippen LogP contribution >= 0.6 is 0 Å². The minimum atomic E-state index is -0.815. The zero-order chi connectivity index (χ0) is 16.8. The highest BCUT2D eigenvalue weighted by Crippen LogP contribution is 2.18. The van der Waals surface area contributed by atoms with Crippen molar-refractivity contribution in [1.82, 2.24) is 9.80 Å². The number of rotatable bonds is 7. The Hall–Kier alpha value is -1.10. The van der Waals surface area contributed by atoms with Crippen LogP contribution in [0.2, 0.25) is 0 Å². The molecule has 0 saturated heterocycles. The molecule has 0 aliphatic carbocycles. The van der Waals surface area contributed by atoms with Crippen LogP contribution in [-0.2, 0) is 9.59 Å². The average Bonchev–Trinajstić information content (AvgIpc) is 2.29. The largest absolute Gasteiger partial charge is 0.481 e. The van der Waals surface area contributed by atoms with Crippen LogP contribution < -0.4 is 0 Å². The van der Waals surface area contributed by atoms with Gasteiger partial charge in [-0.25, -0.2) is 0 Å². The van der Waals surface area contributed by atoms with Crippen LogP contribution in [0.4, 0.5) is 0 Å². The van der Waals surface area contributed by atoms with Crippen molar-refractivity contribution < 1.29 is 14.7 Å². The van der Waals surface area contributed by atoms with Crippen molar-refractivity contribution in [3.63, 3.8) is 0 Å². The maximum absolute atomic E-state index is 12.5. The normalized spacial score (nSPS) is 12.6. The number of hydrogen-bond acceptors (Lipinski definition) is 3. The lowest BCUT2D eigenvalue weighted by Gasteiger charge is -2.35. The number of carboxylic acid groups (broad SMARTS) is 1. The average molecular weight is 300 g/mol. The van der Waals surface area contributed by atoms with Crippen LogP contribution in [0, 0.1) is 5.41 Å². The smallest absolute Gasteiger partial charge is 0.303 e. The molecule has 124 valence electrons. The third-order valence-corrected chi connectivity index (χ3v) is 3.60. The molecule has 0 unspecified atom stereocenters. The van der Waals surface area contributed by atoms with Crippen molar-refractivity contribution in [3.05, 3.63) is 0 Å². The summed E-state index contributed by atoms with van der Waals surface area (Å²) in [5.41, 5.74) is -0.388. The van der Waals surface area contributed by atoms with Crippen molar-refractivity contribution in [2.45, 2.75) is 59.9 Å². The third-order valence-electron chi connectivity index (χ3n) is 3.60. The van der Waals surface area contributed by atoms with Gasteiger partial charge in [-0.2, -0.15) is 0 Å². The van der Waals surface area contributed by atoms with Crippen LogP contribution in [0.15, 0.2) is 0 Å². The summed E-state index contributed by atoms with van der Waals surface area (Å²) in [4.78, 5) is 27.1. The molecule has 0 saturated carbocycles.